The SMILES string of the molecule is CCC(CC)NC(=O)Nc1ccc(Oc2ccc(N)cc2)c(CC(C)O)c1. The first kappa shape index (κ1) is 20.6. The van der Waals surface area contributed by atoms with Crippen molar-refractivity contribution in [3.05, 3.63) is 48.0 Å². The van der Waals surface area contributed by atoms with Crippen LogP contribution in [-0.4, -0.2) is 23.3 Å². The molecule has 146 valence electrons. The summed E-state index contributed by atoms with van der Waals surface area (Å²) in [7, 11) is 0. The summed E-state index contributed by atoms with van der Waals surface area (Å²) in [6.07, 6.45) is 1.64. The van der Waals surface area contributed by atoms with Crippen molar-refractivity contribution < 1.29 is 14.6 Å². The van der Waals surface area contributed by atoms with Gasteiger partial charge in [-0.05, 0) is 67.8 Å². The maximum atomic E-state index is 12.2. The molecular weight excluding hydrogens is 342 g/mol. The molecule has 0 saturated heterocycles. The number of rotatable bonds is 8. The van der Waals surface area contributed by atoms with Crippen molar-refractivity contribution in [1.82, 2.24) is 5.32 Å². The molecule has 0 fully saturated rings. The number of carbonyl (C=O) groups excluding carboxylic acids is 1. The van der Waals surface area contributed by atoms with Gasteiger partial charge in [-0.2, -0.15) is 0 Å². The van der Waals surface area contributed by atoms with Gasteiger partial charge < -0.3 is 26.2 Å². The number of amides is 2. The lowest BCUT2D eigenvalue weighted by atomic mass is 10.1. The highest BCUT2D eigenvalue weighted by Crippen LogP contribution is 2.29. The summed E-state index contributed by atoms with van der Waals surface area (Å²) in [4.78, 5) is 12.2. The Labute approximate surface area is 160 Å². The third-order valence-corrected chi connectivity index (χ3v) is 4.26. The second-order valence-electron chi connectivity index (χ2n) is 6.66. The number of ether oxygens (including phenoxy) is 1. The fraction of sp³-hybridized carbons (Fsp3) is 0.381. The van der Waals surface area contributed by atoms with E-state index in [0.29, 0.717) is 29.3 Å². The highest BCUT2D eigenvalue weighted by atomic mass is 16.5. The van der Waals surface area contributed by atoms with E-state index in [4.69, 9.17) is 10.5 Å². The zero-order valence-electron chi connectivity index (χ0n) is 16.2. The molecule has 0 saturated carbocycles. The molecule has 27 heavy (non-hydrogen) atoms. The van der Waals surface area contributed by atoms with Crippen molar-refractivity contribution in [2.75, 3.05) is 11.1 Å². The topological polar surface area (TPSA) is 96.6 Å². The van der Waals surface area contributed by atoms with Crippen LogP contribution >= 0.6 is 0 Å². The van der Waals surface area contributed by atoms with Crippen LogP contribution in [0.3, 0.4) is 0 Å². The summed E-state index contributed by atoms with van der Waals surface area (Å²) in [6, 6.07) is 12.4. The lowest BCUT2D eigenvalue weighted by Gasteiger charge is -2.17. The maximum absolute atomic E-state index is 12.2. The lowest BCUT2D eigenvalue weighted by molar-refractivity contribution is 0.194. The number of anilines is 2. The number of nitrogens with one attached hydrogen (secondary N) is 2. The standard InChI is InChI=1S/C21H29N3O3/c1-4-17(5-2)23-21(26)24-18-8-11-20(15(13-18)12-14(3)25)27-19-9-6-16(22)7-10-19/h6-11,13-14,17,25H,4-5,12,22H2,1-3H3,(H2,23,24,26). The van der Waals surface area contributed by atoms with Crippen LogP contribution in [0.1, 0.15) is 39.2 Å². The molecule has 2 aromatic carbocycles. The van der Waals surface area contributed by atoms with Crippen LogP contribution < -0.4 is 21.1 Å². The van der Waals surface area contributed by atoms with Gasteiger partial charge in [-0.25, -0.2) is 4.79 Å². The Hall–Kier alpha value is -2.73. The molecule has 0 radical (unpaired) electrons. The molecule has 1 unspecified atom stereocenters. The van der Waals surface area contributed by atoms with Gasteiger partial charge in [0.2, 0.25) is 0 Å². The van der Waals surface area contributed by atoms with E-state index in [1.165, 1.54) is 0 Å². The molecule has 0 bridgehead atoms. The molecule has 1 atom stereocenters. The molecule has 0 aliphatic rings. The smallest absolute Gasteiger partial charge is 0.319 e. The Morgan fingerprint density at radius 2 is 1.81 bits per heavy atom. The van der Waals surface area contributed by atoms with Gasteiger partial charge in [0.15, 0.2) is 0 Å². The first-order chi connectivity index (χ1) is 12.9. The van der Waals surface area contributed by atoms with Crippen LogP contribution in [0.2, 0.25) is 0 Å². The summed E-state index contributed by atoms with van der Waals surface area (Å²) in [5, 5.41) is 15.6. The minimum absolute atomic E-state index is 0.148. The minimum Gasteiger partial charge on any atom is -0.457 e. The van der Waals surface area contributed by atoms with Gasteiger partial charge in [0, 0.05) is 23.8 Å². The number of aliphatic hydroxyl groups excluding tert-OH is 1. The number of aliphatic hydroxyl groups is 1. The van der Waals surface area contributed by atoms with Crippen molar-refractivity contribution >= 4 is 17.4 Å². The molecule has 0 aliphatic carbocycles. The molecule has 6 nitrogen and oxygen atoms in total. The number of urea groups is 1. The lowest BCUT2D eigenvalue weighted by Crippen LogP contribution is -2.37. The van der Waals surface area contributed by atoms with Gasteiger partial charge >= 0.3 is 6.03 Å². The maximum Gasteiger partial charge on any atom is 0.319 e. The van der Waals surface area contributed by atoms with Crippen LogP contribution in [0, 0.1) is 0 Å². The predicted molar refractivity (Wildman–Crippen MR) is 109 cm³/mol. The number of nitrogen functional groups attached to an aromatic ring is 1. The van der Waals surface area contributed by atoms with E-state index in [1.807, 2.05) is 19.9 Å². The van der Waals surface area contributed by atoms with Crippen molar-refractivity contribution in [1.29, 1.82) is 0 Å². The molecule has 0 aromatic heterocycles. The molecule has 0 heterocycles. The van der Waals surface area contributed by atoms with Crippen LogP contribution in [-0.2, 0) is 6.42 Å². The van der Waals surface area contributed by atoms with Gasteiger partial charge in [0.1, 0.15) is 11.5 Å². The van der Waals surface area contributed by atoms with E-state index in [9.17, 15) is 9.90 Å². The van der Waals surface area contributed by atoms with E-state index < -0.39 is 6.10 Å². The van der Waals surface area contributed by atoms with Crippen molar-refractivity contribution in [2.45, 2.75) is 52.2 Å². The largest absolute Gasteiger partial charge is 0.457 e. The summed E-state index contributed by atoms with van der Waals surface area (Å²) in [5.74, 6) is 1.29. The van der Waals surface area contributed by atoms with Crippen molar-refractivity contribution in [2.24, 2.45) is 0 Å². The Kier molecular flexibility index (Phi) is 7.49. The van der Waals surface area contributed by atoms with Gasteiger partial charge in [-0.1, -0.05) is 13.8 Å². The molecular formula is C21H29N3O3. The van der Waals surface area contributed by atoms with Crippen LogP contribution in [0.25, 0.3) is 0 Å². The van der Waals surface area contributed by atoms with E-state index in [0.717, 1.165) is 18.4 Å². The first-order valence-corrected chi connectivity index (χ1v) is 9.33. The predicted octanol–water partition coefficient (Wildman–Crippen LogP) is 4.29. The van der Waals surface area contributed by atoms with E-state index in [-0.39, 0.29) is 12.1 Å². The second-order valence-corrected chi connectivity index (χ2v) is 6.66. The van der Waals surface area contributed by atoms with Crippen LogP contribution in [0.5, 0.6) is 11.5 Å². The zero-order chi connectivity index (χ0) is 19.8. The van der Waals surface area contributed by atoms with Gasteiger partial charge in [-0.15, -0.1) is 0 Å². The Morgan fingerprint density at radius 3 is 2.41 bits per heavy atom. The summed E-state index contributed by atoms with van der Waals surface area (Å²) in [5.41, 5.74) is 7.82. The number of hydrogen-bond acceptors (Lipinski definition) is 4. The highest BCUT2D eigenvalue weighted by Gasteiger charge is 2.12. The second kappa shape index (κ2) is 9.83. The Bertz CT molecular complexity index is 741. The van der Waals surface area contributed by atoms with E-state index in [2.05, 4.69) is 10.6 Å². The molecule has 2 rings (SSSR count). The number of carbonyl (C=O) groups is 1. The summed E-state index contributed by atoms with van der Waals surface area (Å²) >= 11 is 0. The first-order valence-electron chi connectivity index (χ1n) is 9.33. The molecule has 5 N–H and O–H groups in total. The Balaban J connectivity index is 2.16. The Morgan fingerprint density at radius 1 is 1.15 bits per heavy atom. The molecule has 6 heteroatoms. The van der Waals surface area contributed by atoms with Gasteiger partial charge in [0.05, 0.1) is 6.10 Å². The molecule has 0 spiro atoms. The highest BCUT2D eigenvalue weighted by molar-refractivity contribution is 5.89. The van der Waals surface area contributed by atoms with Crippen LogP contribution in [0.4, 0.5) is 16.2 Å². The third-order valence-electron chi connectivity index (χ3n) is 4.26. The van der Waals surface area contributed by atoms with E-state index in [1.54, 1.807) is 43.3 Å². The molecule has 0 aliphatic heterocycles. The van der Waals surface area contributed by atoms with Crippen LogP contribution in [0.15, 0.2) is 42.5 Å². The zero-order valence-corrected chi connectivity index (χ0v) is 16.2. The third kappa shape index (κ3) is 6.49. The van der Waals surface area contributed by atoms with E-state index >= 15 is 0 Å². The van der Waals surface area contributed by atoms with Crippen molar-refractivity contribution in [3.63, 3.8) is 0 Å². The molecule has 2 amide bonds. The summed E-state index contributed by atoms with van der Waals surface area (Å²) < 4.78 is 5.93. The number of hydrogen-bond donors (Lipinski definition) is 4. The average molecular weight is 371 g/mol. The number of nitrogens with two attached hydrogens (primary N) is 1. The quantitative estimate of drug-likeness (QED) is 0.520. The van der Waals surface area contributed by atoms with Crippen molar-refractivity contribution in [3.8, 4) is 11.5 Å². The van der Waals surface area contributed by atoms with Gasteiger partial charge in [-0.3, -0.25) is 0 Å². The monoisotopic (exact) mass is 371 g/mol. The summed E-state index contributed by atoms with van der Waals surface area (Å²) in [6.45, 7) is 5.80. The average Bonchev–Trinajstić information content (AvgIpc) is 2.63. The fourth-order valence-corrected chi connectivity index (χ4v) is 2.74. The normalized spacial score (nSPS) is 11.9. The van der Waals surface area contributed by atoms with Gasteiger partial charge in [0.25, 0.3) is 0 Å². The number of benzene rings is 2. The molecule has 2 aromatic rings. The fourth-order valence-electron chi connectivity index (χ4n) is 2.74. The minimum atomic E-state index is -0.535.